The van der Waals surface area contributed by atoms with Crippen molar-refractivity contribution < 1.29 is 0 Å². The van der Waals surface area contributed by atoms with Crippen molar-refractivity contribution in [3.63, 3.8) is 0 Å². The van der Waals surface area contributed by atoms with Crippen molar-refractivity contribution in [2.75, 3.05) is 0 Å². The van der Waals surface area contributed by atoms with Gasteiger partial charge in [0, 0.05) is 0 Å². The molecule has 0 heterocycles. The fourth-order valence-corrected chi connectivity index (χ4v) is 10.7. The van der Waals surface area contributed by atoms with Gasteiger partial charge < -0.3 is 0 Å². The molecule has 0 aliphatic heterocycles. The number of fused-ring (bicyclic) bond motifs is 7. The molecule has 0 saturated carbocycles. The lowest BCUT2D eigenvalue weighted by atomic mass is 9.81. The lowest BCUT2D eigenvalue weighted by Crippen LogP contribution is -1.94. The molecule has 0 radical (unpaired) electrons. The molecule has 0 saturated heterocycles. The van der Waals surface area contributed by atoms with E-state index in [1.807, 2.05) is 0 Å². The average molecular weight is 757 g/mol. The Morgan fingerprint density at radius 1 is 0.183 bits per heavy atom. The highest BCUT2D eigenvalue weighted by Crippen LogP contribution is 2.59. The zero-order chi connectivity index (χ0) is 39.3. The van der Waals surface area contributed by atoms with Gasteiger partial charge in [-0.3, -0.25) is 0 Å². The molecule has 0 aromatic heterocycles. The normalized spacial score (nSPS) is 12.0. The van der Waals surface area contributed by atoms with Crippen LogP contribution in [0.4, 0.5) is 0 Å². The van der Waals surface area contributed by atoms with Crippen molar-refractivity contribution in [2.24, 2.45) is 0 Å². The maximum atomic E-state index is 2.49. The summed E-state index contributed by atoms with van der Waals surface area (Å²) < 4.78 is 0. The maximum absolute atomic E-state index is 2.49. The van der Waals surface area contributed by atoms with Gasteiger partial charge in [-0.15, -0.1) is 0 Å². The molecule has 0 nitrogen and oxygen atoms in total. The highest BCUT2D eigenvalue weighted by molar-refractivity contribution is 6.28. The molecule has 0 fully saturated rings. The van der Waals surface area contributed by atoms with E-state index in [1.54, 1.807) is 0 Å². The van der Waals surface area contributed by atoms with Crippen LogP contribution in [0.3, 0.4) is 0 Å². The summed E-state index contributed by atoms with van der Waals surface area (Å²) in [4.78, 5) is 0. The Bertz CT molecular complexity index is 3470. The monoisotopic (exact) mass is 756 g/mol. The highest BCUT2D eigenvalue weighted by Gasteiger charge is 2.32. The molecule has 60 heavy (non-hydrogen) atoms. The Hall–Kier alpha value is -7.80. The van der Waals surface area contributed by atoms with Gasteiger partial charge in [0.05, 0.1) is 0 Å². The Labute approximate surface area is 349 Å². The summed E-state index contributed by atoms with van der Waals surface area (Å²) in [5.74, 6) is 0. The van der Waals surface area contributed by atoms with Crippen molar-refractivity contribution in [3.05, 3.63) is 218 Å². The first-order chi connectivity index (χ1) is 29.8. The summed E-state index contributed by atoms with van der Waals surface area (Å²) in [6.45, 7) is 0. The van der Waals surface area contributed by atoms with Crippen LogP contribution in [0.2, 0.25) is 0 Å². The van der Waals surface area contributed by atoms with Crippen LogP contribution in [0.15, 0.2) is 218 Å². The molecular weight excluding hydrogens is 721 g/mol. The first-order valence-corrected chi connectivity index (χ1v) is 20.9. The van der Waals surface area contributed by atoms with E-state index in [-0.39, 0.29) is 0 Å². The van der Waals surface area contributed by atoms with Crippen molar-refractivity contribution in [2.45, 2.75) is 0 Å². The van der Waals surface area contributed by atoms with Gasteiger partial charge in [0.25, 0.3) is 0 Å². The third kappa shape index (κ3) is 4.68. The van der Waals surface area contributed by atoms with E-state index in [0.717, 1.165) is 0 Å². The molecule has 13 rings (SSSR count). The molecule has 0 amide bonds. The molecule has 0 heteroatoms. The summed E-state index contributed by atoms with van der Waals surface area (Å²) in [6.07, 6.45) is 0. The summed E-state index contributed by atoms with van der Waals surface area (Å²) >= 11 is 0. The number of rotatable bonds is 5. The Morgan fingerprint density at radius 2 is 0.617 bits per heavy atom. The van der Waals surface area contributed by atoms with E-state index >= 15 is 0 Å². The summed E-state index contributed by atoms with van der Waals surface area (Å²) in [7, 11) is 0. The highest BCUT2D eigenvalue weighted by atomic mass is 14.3. The van der Waals surface area contributed by atoms with Crippen LogP contribution in [0.1, 0.15) is 0 Å². The minimum Gasteiger partial charge on any atom is -0.0622 e. The zero-order valence-electron chi connectivity index (χ0n) is 32.8. The van der Waals surface area contributed by atoms with Crippen LogP contribution in [-0.4, -0.2) is 0 Å². The van der Waals surface area contributed by atoms with Crippen molar-refractivity contribution >= 4 is 32.3 Å². The predicted molar refractivity (Wildman–Crippen MR) is 255 cm³/mol. The third-order valence-corrected chi connectivity index (χ3v) is 13.1. The van der Waals surface area contributed by atoms with Gasteiger partial charge in [-0.2, -0.15) is 0 Å². The van der Waals surface area contributed by atoms with Gasteiger partial charge in [-0.05, 0) is 139 Å². The van der Waals surface area contributed by atoms with Crippen LogP contribution in [-0.2, 0) is 0 Å². The Balaban J connectivity index is 1.11. The molecule has 0 N–H and O–H groups in total. The first kappa shape index (κ1) is 33.2. The number of hydrogen-bond acceptors (Lipinski definition) is 0. The first-order valence-electron chi connectivity index (χ1n) is 20.9. The molecule has 0 spiro atoms. The Kier molecular flexibility index (Phi) is 7.11. The van der Waals surface area contributed by atoms with Crippen molar-refractivity contribution in [3.8, 4) is 100 Å². The predicted octanol–water partition coefficient (Wildman–Crippen LogP) is 16.8. The molecule has 0 atom stereocenters. The van der Waals surface area contributed by atoms with Gasteiger partial charge in [0.2, 0.25) is 0 Å². The van der Waals surface area contributed by atoms with Crippen LogP contribution in [0, 0.1) is 0 Å². The van der Waals surface area contributed by atoms with Crippen LogP contribution >= 0.6 is 0 Å². The average Bonchev–Trinajstić information content (AvgIpc) is 3.84. The number of hydrogen-bond donors (Lipinski definition) is 0. The minimum atomic E-state index is 1.22. The van der Waals surface area contributed by atoms with E-state index < -0.39 is 0 Å². The zero-order valence-corrected chi connectivity index (χ0v) is 32.8. The molecule has 11 aromatic carbocycles. The number of benzene rings is 11. The SMILES string of the molecule is c1ccc(-c2ccc(-c3ccccc3)c3c2-c2cccc4c(-c5ccc6c(-c7ccccc7)c7c(c(-c8ccccc8)c6c5)-c5cccc6cccc-7c56)ccc-3c24)cc1. The van der Waals surface area contributed by atoms with E-state index in [9.17, 15) is 0 Å². The van der Waals surface area contributed by atoms with Crippen LogP contribution in [0.5, 0.6) is 0 Å². The topological polar surface area (TPSA) is 0 Å². The van der Waals surface area contributed by atoms with E-state index in [2.05, 4.69) is 218 Å². The van der Waals surface area contributed by atoms with E-state index in [4.69, 9.17) is 0 Å². The molecule has 276 valence electrons. The van der Waals surface area contributed by atoms with Crippen LogP contribution in [0.25, 0.3) is 132 Å². The van der Waals surface area contributed by atoms with Crippen molar-refractivity contribution in [1.82, 2.24) is 0 Å². The maximum Gasteiger partial charge on any atom is -0.000741 e. The second-order valence-electron chi connectivity index (χ2n) is 16.2. The molecule has 0 bridgehead atoms. The Morgan fingerprint density at radius 3 is 1.17 bits per heavy atom. The summed E-state index contributed by atoms with van der Waals surface area (Å²) in [6, 6.07) is 81.1. The second kappa shape index (κ2) is 12.9. The third-order valence-electron chi connectivity index (χ3n) is 13.1. The summed E-state index contributed by atoms with van der Waals surface area (Å²) in [5.41, 5.74) is 23.1. The molecule has 11 aromatic rings. The molecule has 2 aliphatic rings. The largest absolute Gasteiger partial charge is 0.0622 e. The van der Waals surface area contributed by atoms with Crippen molar-refractivity contribution in [1.29, 1.82) is 0 Å². The van der Waals surface area contributed by atoms with Gasteiger partial charge in [-0.1, -0.05) is 212 Å². The standard InChI is InChI=1S/C60H36/c1-5-16-37(17-6-1)44-33-34-45(38-18-7-2-8-19-38)58-51-35-32-43(46-26-15-29-50(56(46)51)57(44)58)42-30-31-47-52(36-42)55(41-22-11-4-12-23-41)60-49-28-14-25-39-24-13-27-48(53(39)49)59(60)54(47)40-20-9-3-10-21-40/h1-36H. The fourth-order valence-electron chi connectivity index (χ4n) is 10.7. The minimum absolute atomic E-state index is 1.22. The van der Waals surface area contributed by atoms with Gasteiger partial charge in [0.15, 0.2) is 0 Å². The lowest BCUT2D eigenvalue weighted by molar-refractivity contribution is 1.59. The fraction of sp³-hybridized carbons (Fsp3) is 0. The van der Waals surface area contributed by atoms with Gasteiger partial charge in [0.1, 0.15) is 0 Å². The molecule has 0 unspecified atom stereocenters. The summed E-state index contributed by atoms with van der Waals surface area (Å²) in [5, 5.41) is 7.77. The lowest BCUT2D eigenvalue weighted by Gasteiger charge is -2.21. The molecule has 2 aliphatic carbocycles. The van der Waals surface area contributed by atoms with Crippen LogP contribution < -0.4 is 0 Å². The molecular formula is C60H36. The van der Waals surface area contributed by atoms with E-state index in [0.29, 0.717) is 0 Å². The quantitative estimate of drug-likeness (QED) is 0.164. The smallest absolute Gasteiger partial charge is 0.000741 e. The second-order valence-corrected chi connectivity index (χ2v) is 16.2. The van der Waals surface area contributed by atoms with Gasteiger partial charge in [-0.25, -0.2) is 0 Å². The van der Waals surface area contributed by atoms with Gasteiger partial charge >= 0.3 is 0 Å². The van der Waals surface area contributed by atoms with E-state index in [1.165, 1.54) is 132 Å².